The Balaban J connectivity index is 1.58. The molecule has 246 valence electrons. The Kier molecular flexibility index (Phi) is 10.2. The number of rotatable bonds is 9. The smallest absolute Gasteiger partial charge is 0.382 e. The third kappa shape index (κ3) is 8.18. The van der Waals surface area contributed by atoms with Crippen molar-refractivity contribution in [3.8, 4) is 0 Å². The van der Waals surface area contributed by atoms with Crippen LogP contribution in [0.3, 0.4) is 0 Å². The molecule has 1 saturated carbocycles. The Morgan fingerprint density at radius 3 is 2.42 bits per heavy atom. The molecule has 45 heavy (non-hydrogen) atoms. The number of aromatic nitrogens is 3. The van der Waals surface area contributed by atoms with Gasteiger partial charge in [0.25, 0.3) is 5.91 Å². The maximum absolute atomic E-state index is 13.7. The van der Waals surface area contributed by atoms with Gasteiger partial charge < -0.3 is 25.6 Å². The zero-order valence-corrected chi connectivity index (χ0v) is 24.6. The first-order valence-electron chi connectivity index (χ1n) is 14.2. The maximum atomic E-state index is 13.7. The summed E-state index contributed by atoms with van der Waals surface area (Å²) in [4.78, 5) is 51.4. The molecule has 4 rings (SSSR count). The number of methoxy groups -OCH3 is 1. The van der Waals surface area contributed by atoms with Crippen molar-refractivity contribution in [3.05, 3.63) is 47.2 Å². The summed E-state index contributed by atoms with van der Waals surface area (Å²) in [7, 11) is 1.31. The van der Waals surface area contributed by atoms with Crippen LogP contribution in [0.4, 0.5) is 37.0 Å². The van der Waals surface area contributed by atoms with Crippen molar-refractivity contribution in [2.24, 2.45) is 11.8 Å². The predicted molar refractivity (Wildman–Crippen MR) is 147 cm³/mol. The number of halogens is 6. The highest BCUT2D eigenvalue weighted by Crippen LogP contribution is 2.34. The highest BCUT2D eigenvalue weighted by atomic mass is 19.4. The monoisotopic (exact) mass is 645 g/mol. The molecular weight excluding hydrogens is 612 g/mol. The number of aryl methyl sites for hydroxylation is 1. The molecule has 0 aromatic carbocycles. The molecule has 2 fully saturated rings. The van der Waals surface area contributed by atoms with Crippen molar-refractivity contribution in [2.45, 2.75) is 70.0 Å². The molecule has 0 spiro atoms. The number of carbonyl (C=O) groups excluding carboxylic acids is 3. The molecule has 2 aromatic rings. The van der Waals surface area contributed by atoms with E-state index in [0.29, 0.717) is 24.3 Å². The molecule has 3 N–H and O–H groups in total. The summed E-state index contributed by atoms with van der Waals surface area (Å²) < 4.78 is 86.1. The van der Waals surface area contributed by atoms with Crippen molar-refractivity contribution in [3.63, 3.8) is 0 Å². The van der Waals surface area contributed by atoms with Crippen molar-refractivity contribution >= 4 is 23.7 Å². The third-order valence-corrected chi connectivity index (χ3v) is 7.98. The minimum atomic E-state index is -4.95. The minimum absolute atomic E-state index is 0.0522. The van der Waals surface area contributed by atoms with E-state index in [1.54, 1.807) is 0 Å². The summed E-state index contributed by atoms with van der Waals surface area (Å²) in [6, 6.07) is -2.46. The van der Waals surface area contributed by atoms with Gasteiger partial charge in [-0.1, -0.05) is 19.8 Å². The van der Waals surface area contributed by atoms with E-state index in [2.05, 4.69) is 25.6 Å². The molecule has 3 heterocycles. The molecular formula is C28H33F6N7O4. The van der Waals surface area contributed by atoms with Crippen LogP contribution in [0.1, 0.15) is 66.1 Å². The van der Waals surface area contributed by atoms with Crippen LogP contribution in [0.2, 0.25) is 0 Å². The Morgan fingerprint density at radius 1 is 1.13 bits per heavy atom. The molecule has 2 aliphatic rings. The normalized spacial score (nSPS) is 22.0. The van der Waals surface area contributed by atoms with Crippen molar-refractivity contribution in [2.75, 3.05) is 25.6 Å². The lowest BCUT2D eigenvalue weighted by Crippen LogP contribution is -2.49. The number of pyridine rings is 1. The lowest BCUT2D eigenvalue weighted by atomic mass is 9.79. The number of nitrogens with zero attached hydrogens (tertiary/aromatic N) is 4. The first kappa shape index (κ1) is 33.9. The van der Waals surface area contributed by atoms with Gasteiger partial charge in [-0.05, 0) is 49.3 Å². The lowest BCUT2D eigenvalue weighted by Gasteiger charge is -2.32. The van der Waals surface area contributed by atoms with Crippen LogP contribution in [0, 0.1) is 18.8 Å². The van der Waals surface area contributed by atoms with Crippen molar-refractivity contribution < 1.29 is 45.5 Å². The number of urea groups is 1. The number of anilines is 1. The number of nitrogens with one attached hydrogen (secondary N) is 3. The van der Waals surface area contributed by atoms with Crippen LogP contribution in [-0.2, 0) is 15.7 Å². The van der Waals surface area contributed by atoms with E-state index in [1.165, 1.54) is 32.4 Å². The largest absolute Gasteiger partial charge is 0.434 e. The highest BCUT2D eigenvalue weighted by molar-refractivity contribution is 6.01. The van der Waals surface area contributed by atoms with E-state index in [0.717, 1.165) is 23.9 Å². The number of carbonyl (C=O) groups is 3. The number of hydrogen-bond donors (Lipinski definition) is 3. The van der Waals surface area contributed by atoms with E-state index < -0.39 is 72.0 Å². The second kappa shape index (κ2) is 13.5. The van der Waals surface area contributed by atoms with Gasteiger partial charge in [0.1, 0.15) is 23.7 Å². The molecule has 3 atom stereocenters. The molecule has 1 saturated heterocycles. The van der Waals surface area contributed by atoms with E-state index in [4.69, 9.17) is 4.74 Å². The van der Waals surface area contributed by atoms with E-state index >= 15 is 0 Å². The van der Waals surface area contributed by atoms with E-state index in [9.17, 15) is 40.7 Å². The van der Waals surface area contributed by atoms with Crippen LogP contribution < -0.4 is 16.0 Å². The molecule has 1 aliphatic heterocycles. The van der Waals surface area contributed by atoms with Gasteiger partial charge in [-0.2, -0.15) is 26.3 Å². The zero-order valence-electron chi connectivity index (χ0n) is 24.6. The molecule has 1 unspecified atom stereocenters. The SMILES string of the molecule is COCC(c1ccnc(NC(=O)[C@@H](NC(=O)c2cnc(C)nc2C(F)(F)F)C2CCC(C)CC2)c1)N1C[C@H](C(F)(F)F)NC1=O. The summed E-state index contributed by atoms with van der Waals surface area (Å²) in [6.45, 7) is 2.44. The van der Waals surface area contributed by atoms with Gasteiger partial charge in [-0.25, -0.2) is 19.7 Å². The summed E-state index contributed by atoms with van der Waals surface area (Å²) in [5, 5.41) is 6.93. The summed E-state index contributed by atoms with van der Waals surface area (Å²) >= 11 is 0. The van der Waals surface area contributed by atoms with E-state index in [-0.39, 0.29) is 18.2 Å². The Bertz CT molecular complexity index is 1400. The predicted octanol–water partition coefficient (Wildman–Crippen LogP) is 4.41. The molecule has 17 heteroatoms. The first-order chi connectivity index (χ1) is 21.1. The summed E-state index contributed by atoms with van der Waals surface area (Å²) in [6.07, 6.45) is -5.08. The second-order valence-electron chi connectivity index (χ2n) is 11.3. The molecule has 0 bridgehead atoms. The molecule has 0 radical (unpaired) electrons. The average molecular weight is 646 g/mol. The van der Waals surface area contributed by atoms with Gasteiger partial charge >= 0.3 is 18.4 Å². The fourth-order valence-corrected chi connectivity index (χ4v) is 5.55. The number of hydrogen-bond acceptors (Lipinski definition) is 7. The van der Waals surface area contributed by atoms with Gasteiger partial charge in [-0.15, -0.1) is 0 Å². The highest BCUT2D eigenvalue weighted by Gasteiger charge is 2.48. The number of amides is 4. The van der Waals surface area contributed by atoms with Gasteiger partial charge in [-0.3, -0.25) is 9.59 Å². The fraction of sp³-hybridized carbons (Fsp3) is 0.571. The van der Waals surface area contributed by atoms with Crippen molar-refractivity contribution in [1.29, 1.82) is 0 Å². The second-order valence-corrected chi connectivity index (χ2v) is 11.3. The topological polar surface area (TPSA) is 138 Å². The number of ether oxygens (including phenoxy) is 1. The maximum Gasteiger partial charge on any atom is 0.434 e. The fourth-order valence-electron chi connectivity index (χ4n) is 5.55. The third-order valence-electron chi connectivity index (χ3n) is 7.98. The first-order valence-corrected chi connectivity index (χ1v) is 14.2. The van der Waals surface area contributed by atoms with Gasteiger partial charge in [0.15, 0.2) is 5.69 Å². The summed E-state index contributed by atoms with van der Waals surface area (Å²) in [5.74, 6) is -2.23. The van der Waals surface area contributed by atoms with Gasteiger partial charge in [0.05, 0.1) is 24.8 Å². The van der Waals surface area contributed by atoms with Crippen molar-refractivity contribution in [1.82, 2.24) is 30.5 Å². The van der Waals surface area contributed by atoms with Gasteiger partial charge in [0, 0.05) is 19.5 Å². The standard InChI is InChI=1S/C28H33F6N7O4/c1-14-4-6-16(7-5-14)22(40-24(42)18-11-36-15(2)37-23(18)28(32,33)34)25(43)39-21-10-17(8-9-35-21)19(13-45-3)41-12-20(27(29,30)31)38-26(41)44/h8-11,14,16,19-20,22H,4-7,12-13H2,1-3H3,(H,38,44)(H,40,42)(H,35,39,43)/t14?,16?,19?,20-,22+/m1/s1. The molecule has 11 nitrogen and oxygen atoms in total. The van der Waals surface area contributed by atoms with Crippen LogP contribution in [0.5, 0.6) is 0 Å². The quantitative estimate of drug-likeness (QED) is 0.344. The van der Waals surface area contributed by atoms with E-state index in [1.807, 2.05) is 12.2 Å². The zero-order chi connectivity index (χ0) is 33.1. The molecule has 4 amide bonds. The summed E-state index contributed by atoms with van der Waals surface area (Å²) in [5.41, 5.74) is -1.96. The van der Waals surface area contributed by atoms with Gasteiger partial charge in [0.2, 0.25) is 5.91 Å². The Morgan fingerprint density at radius 2 is 1.82 bits per heavy atom. The number of alkyl halides is 6. The Labute approximate surface area is 254 Å². The molecule has 2 aromatic heterocycles. The average Bonchev–Trinajstić information content (AvgIpc) is 3.36. The minimum Gasteiger partial charge on any atom is -0.382 e. The Hall–Kier alpha value is -4.02. The van der Waals surface area contributed by atoms with Crippen LogP contribution in [-0.4, -0.2) is 76.2 Å². The van der Waals surface area contributed by atoms with Crippen LogP contribution in [0.25, 0.3) is 0 Å². The lowest BCUT2D eigenvalue weighted by molar-refractivity contribution is -0.150. The van der Waals surface area contributed by atoms with Crippen LogP contribution >= 0.6 is 0 Å². The molecule has 1 aliphatic carbocycles. The van der Waals surface area contributed by atoms with Crippen LogP contribution in [0.15, 0.2) is 24.5 Å².